The first-order valence-electron chi connectivity index (χ1n) is 4.48. The van der Waals surface area contributed by atoms with Crippen LogP contribution in [0.3, 0.4) is 0 Å². The number of nitrogens with two attached hydrogens (primary N) is 1. The lowest BCUT2D eigenvalue weighted by Crippen LogP contribution is -2.30. The number of primary amides is 1. The number of nitrogens with zero attached hydrogens (tertiary/aromatic N) is 1. The van der Waals surface area contributed by atoms with Crippen molar-refractivity contribution in [3.63, 3.8) is 0 Å². The van der Waals surface area contributed by atoms with Gasteiger partial charge in [0, 0.05) is 12.7 Å². The molecule has 4 nitrogen and oxygen atoms in total. The molecule has 2 N–H and O–H groups in total. The second-order valence-corrected chi connectivity index (χ2v) is 3.27. The lowest BCUT2D eigenvalue weighted by atomic mass is 10.1. The zero-order valence-corrected chi connectivity index (χ0v) is 8.63. The van der Waals surface area contributed by atoms with Crippen LogP contribution in [-0.4, -0.2) is 10.5 Å². The zero-order valence-electron chi connectivity index (χ0n) is 8.63. The van der Waals surface area contributed by atoms with E-state index in [9.17, 15) is 9.59 Å². The van der Waals surface area contributed by atoms with Gasteiger partial charge in [0.15, 0.2) is 0 Å². The van der Waals surface area contributed by atoms with E-state index in [0.29, 0.717) is 0 Å². The first-order valence-corrected chi connectivity index (χ1v) is 4.48. The highest BCUT2D eigenvalue weighted by Crippen LogP contribution is 2.06. The first-order chi connectivity index (χ1) is 6.49. The van der Waals surface area contributed by atoms with Crippen LogP contribution in [0.1, 0.15) is 28.5 Å². The van der Waals surface area contributed by atoms with Crippen molar-refractivity contribution in [3.05, 3.63) is 33.2 Å². The van der Waals surface area contributed by atoms with Crippen LogP contribution in [-0.2, 0) is 13.5 Å². The molecule has 0 unspecified atom stereocenters. The maximum atomic E-state index is 11.6. The van der Waals surface area contributed by atoms with Crippen LogP contribution in [0.5, 0.6) is 0 Å². The second-order valence-electron chi connectivity index (χ2n) is 3.27. The van der Waals surface area contributed by atoms with E-state index in [4.69, 9.17) is 5.73 Å². The summed E-state index contributed by atoms with van der Waals surface area (Å²) < 4.78 is 1.48. The fourth-order valence-corrected chi connectivity index (χ4v) is 1.62. The van der Waals surface area contributed by atoms with E-state index in [1.165, 1.54) is 4.57 Å². The van der Waals surface area contributed by atoms with E-state index < -0.39 is 5.91 Å². The van der Waals surface area contributed by atoms with Gasteiger partial charge in [-0.05, 0) is 25.0 Å². The molecule has 0 saturated carbocycles. The van der Waals surface area contributed by atoms with Gasteiger partial charge in [-0.1, -0.05) is 6.92 Å². The Morgan fingerprint density at radius 2 is 2.14 bits per heavy atom. The Kier molecular flexibility index (Phi) is 2.74. The molecule has 76 valence electrons. The molecule has 0 fully saturated rings. The number of pyridine rings is 1. The van der Waals surface area contributed by atoms with Gasteiger partial charge in [0.25, 0.3) is 11.5 Å². The summed E-state index contributed by atoms with van der Waals surface area (Å²) in [6.45, 7) is 3.83. The molecule has 1 aromatic rings. The fourth-order valence-electron chi connectivity index (χ4n) is 1.62. The van der Waals surface area contributed by atoms with Gasteiger partial charge in [-0.25, -0.2) is 0 Å². The normalized spacial score (nSPS) is 10.2. The molecule has 0 aliphatic carbocycles. The lowest BCUT2D eigenvalue weighted by Gasteiger charge is -2.10. The topological polar surface area (TPSA) is 65.1 Å². The Morgan fingerprint density at radius 1 is 1.57 bits per heavy atom. The second kappa shape index (κ2) is 3.65. The van der Waals surface area contributed by atoms with E-state index >= 15 is 0 Å². The van der Waals surface area contributed by atoms with Gasteiger partial charge in [-0.3, -0.25) is 9.59 Å². The highest BCUT2D eigenvalue weighted by molar-refractivity contribution is 5.92. The Balaban J connectivity index is 3.56. The number of carbonyl (C=O) groups excluding carboxylic acids is 1. The van der Waals surface area contributed by atoms with E-state index in [-0.39, 0.29) is 11.1 Å². The fraction of sp³-hybridized carbons (Fsp3) is 0.400. The quantitative estimate of drug-likeness (QED) is 0.738. The molecule has 0 aliphatic heterocycles. The molecule has 0 saturated heterocycles. The van der Waals surface area contributed by atoms with Crippen molar-refractivity contribution in [1.29, 1.82) is 0 Å². The van der Waals surface area contributed by atoms with Crippen LogP contribution in [0.4, 0.5) is 0 Å². The van der Waals surface area contributed by atoms with E-state index in [1.54, 1.807) is 13.1 Å². The van der Waals surface area contributed by atoms with Crippen LogP contribution >= 0.6 is 0 Å². The van der Waals surface area contributed by atoms with Crippen LogP contribution < -0.4 is 11.3 Å². The molecular weight excluding hydrogens is 180 g/mol. The third-order valence-electron chi connectivity index (χ3n) is 2.36. The van der Waals surface area contributed by atoms with Crippen molar-refractivity contribution >= 4 is 5.91 Å². The SMILES string of the molecule is CCc1c(C)cc(C(N)=O)c(=O)n1C. The minimum Gasteiger partial charge on any atom is -0.365 e. The molecule has 4 heteroatoms. The van der Waals surface area contributed by atoms with Crippen molar-refractivity contribution in [2.24, 2.45) is 12.8 Å². The van der Waals surface area contributed by atoms with E-state index in [1.807, 2.05) is 13.8 Å². The largest absolute Gasteiger partial charge is 0.365 e. The summed E-state index contributed by atoms with van der Waals surface area (Å²) in [6, 6.07) is 1.56. The molecule has 0 radical (unpaired) electrons. The van der Waals surface area contributed by atoms with Crippen molar-refractivity contribution in [2.45, 2.75) is 20.3 Å². The molecule has 1 rings (SSSR count). The summed E-state index contributed by atoms with van der Waals surface area (Å²) >= 11 is 0. The Labute approximate surface area is 82.3 Å². The van der Waals surface area contributed by atoms with Crippen molar-refractivity contribution in [3.8, 4) is 0 Å². The number of aryl methyl sites for hydroxylation is 1. The summed E-state index contributed by atoms with van der Waals surface area (Å²) in [5.74, 6) is -0.670. The molecule has 0 bridgehead atoms. The standard InChI is InChI=1S/C10H14N2O2/c1-4-8-6(2)5-7(9(11)13)10(14)12(8)3/h5H,4H2,1-3H3,(H2,11,13). The molecule has 1 aromatic heterocycles. The third kappa shape index (κ3) is 1.55. The van der Waals surface area contributed by atoms with Gasteiger partial charge < -0.3 is 10.3 Å². The lowest BCUT2D eigenvalue weighted by molar-refractivity contribution is 0.0998. The highest BCUT2D eigenvalue weighted by Gasteiger charge is 2.11. The van der Waals surface area contributed by atoms with Crippen LogP contribution in [0.2, 0.25) is 0 Å². The number of hydrogen-bond donors (Lipinski definition) is 1. The van der Waals surface area contributed by atoms with Gasteiger partial charge in [0.2, 0.25) is 0 Å². The van der Waals surface area contributed by atoms with Gasteiger partial charge in [0.1, 0.15) is 5.56 Å². The molecule has 1 heterocycles. The van der Waals surface area contributed by atoms with Crippen LogP contribution in [0.15, 0.2) is 10.9 Å². The Morgan fingerprint density at radius 3 is 2.57 bits per heavy atom. The Hall–Kier alpha value is -1.58. The maximum absolute atomic E-state index is 11.6. The minimum atomic E-state index is -0.670. The molecule has 0 aliphatic rings. The summed E-state index contributed by atoms with van der Waals surface area (Å²) in [5.41, 5.74) is 6.68. The molecule has 14 heavy (non-hydrogen) atoms. The van der Waals surface area contributed by atoms with Crippen LogP contribution in [0, 0.1) is 6.92 Å². The summed E-state index contributed by atoms with van der Waals surface area (Å²) in [7, 11) is 1.65. The number of hydrogen-bond acceptors (Lipinski definition) is 2. The van der Waals surface area contributed by atoms with E-state index in [0.717, 1.165) is 17.7 Å². The third-order valence-corrected chi connectivity index (χ3v) is 2.36. The van der Waals surface area contributed by atoms with Gasteiger partial charge in [0.05, 0.1) is 0 Å². The van der Waals surface area contributed by atoms with Crippen molar-refractivity contribution < 1.29 is 4.79 Å². The minimum absolute atomic E-state index is 0.0576. The van der Waals surface area contributed by atoms with Gasteiger partial charge >= 0.3 is 0 Å². The average molecular weight is 194 g/mol. The van der Waals surface area contributed by atoms with Crippen molar-refractivity contribution in [2.75, 3.05) is 0 Å². The molecular formula is C10H14N2O2. The predicted octanol–water partition coefficient (Wildman–Crippen LogP) is 0.355. The molecule has 1 amide bonds. The van der Waals surface area contributed by atoms with Crippen LogP contribution in [0.25, 0.3) is 0 Å². The highest BCUT2D eigenvalue weighted by atomic mass is 16.2. The first kappa shape index (κ1) is 10.5. The summed E-state index contributed by atoms with van der Waals surface area (Å²) in [5, 5.41) is 0. The van der Waals surface area contributed by atoms with Crippen molar-refractivity contribution in [1.82, 2.24) is 4.57 Å². The molecule has 0 spiro atoms. The molecule has 0 atom stereocenters. The Bertz CT molecular complexity index is 432. The number of carbonyl (C=O) groups is 1. The molecule has 0 aromatic carbocycles. The zero-order chi connectivity index (χ0) is 10.9. The smallest absolute Gasteiger partial charge is 0.263 e. The van der Waals surface area contributed by atoms with Gasteiger partial charge in [-0.2, -0.15) is 0 Å². The number of aromatic nitrogens is 1. The predicted molar refractivity (Wildman–Crippen MR) is 54.3 cm³/mol. The maximum Gasteiger partial charge on any atom is 0.263 e. The number of rotatable bonds is 2. The summed E-state index contributed by atoms with van der Waals surface area (Å²) in [6.07, 6.45) is 0.761. The summed E-state index contributed by atoms with van der Waals surface area (Å²) in [4.78, 5) is 22.5. The monoisotopic (exact) mass is 194 g/mol. The van der Waals surface area contributed by atoms with E-state index in [2.05, 4.69) is 0 Å². The average Bonchev–Trinajstić information content (AvgIpc) is 2.12. The van der Waals surface area contributed by atoms with Gasteiger partial charge in [-0.15, -0.1) is 0 Å². The number of amides is 1.